The van der Waals surface area contributed by atoms with E-state index in [-0.39, 0.29) is 5.69 Å². The van der Waals surface area contributed by atoms with E-state index in [9.17, 15) is 10.1 Å². The molecular weight excluding hydrogens is 314 g/mol. The van der Waals surface area contributed by atoms with E-state index in [0.29, 0.717) is 16.7 Å². The molecule has 3 heterocycles. The van der Waals surface area contributed by atoms with Crippen LogP contribution in [0.5, 0.6) is 0 Å². The summed E-state index contributed by atoms with van der Waals surface area (Å²) in [4.78, 5) is 18.7. The Kier molecular flexibility index (Phi) is 2.71. The first-order chi connectivity index (χ1) is 9.15. The highest BCUT2D eigenvalue weighted by Crippen LogP contribution is 2.22. The van der Waals surface area contributed by atoms with Gasteiger partial charge in [0.1, 0.15) is 17.9 Å². The number of nitrogens with zero attached hydrogens (tertiary/aromatic N) is 5. The van der Waals surface area contributed by atoms with E-state index in [2.05, 4.69) is 31.0 Å². The van der Waals surface area contributed by atoms with Crippen molar-refractivity contribution in [1.82, 2.24) is 19.7 Å². The van der Waals surface area contributed by atoms with Gasteiger partial charge in [-0.25, -0.2) is 4.68 Å². The molecule has 0 N–H and O–H groups in total. The zero-order valence-corrected chi connectivity index (χ0v) is 11.0. The molecule has 0 aliphatic carbocycles. The second kappa shape index (κ2) is 4.39. The van der Waals surface area contributed by atoms with Gasteiger partial charge in [-0.15, -0.1) is 0 Å². The molecule has 3 aromatic heterocycles. The van der Waals surface area contributed by atoms with Crippen molar-refractivity contribution in [3.63, 3.8) is 0 Å². The van der Waals surface area contributed by atoms with Gasteiger partial charge < -0.3 is 0 Å². The third-order valence-electron chi connectivity index (χ3n) is 2.55. The van der Waals surface area contributed by atoms with Crippen LogP contribution in [0.1, 0.15) is 0 Å². The summed E-state index contributed by atoms with van der Waals surface area (Å²) in [5, 5.41) is 14.6. The monoisotopic (exact) mass is 319 g/mol. The molecule has 0 atom stereocenters. The molecule has 0 radical (unpaired) electrons. The van der Waals surface area contributed by atoms with Gasteiger partial charge in [0.05, 0.1) is 16.1 Å². The number of nitro groups is 1. The van der Waals surface area contributed by atoms with E-state index in [4.69, 9.17) is 0 Å². The number of rotatable bonds is 2. The molecule has 3 rings (SSSR count). The van der Waals surface area contributed by atoms with Crippen molar-refractivity contribution in [2.45, 2.75) is 0 Å². The summed E-state index contributed by atoms with van der Waals surface area (Å²) < 4.78 is 2.24. The summed E-state index contributed by atoms with van der Waals surface area (Å²) in [6, 6.07) is 3.53. The standard InChI is InChI=1S/C11H6BrN5O2/c12-7-3-9-11(14-4-7)10(1-2-13-9)16-6-8(5-15-16)17(18)19/h1-6H. The fourth-order valence-corrected chi connectivity index (χ4v) is 2.03. The second-order valence-corrected chi connectivity index (χ2v) is 4.67. The summed E-state index contributed by atoms with van der Waals surface area (Å²) in [6.45, 7) is 0. The summed E-state index contributed by atoms with van der Waals surface area (Å²) in [5.41, 5.74) is 1.89. The quantitative estimate of drug-likeness (QED) is 0.535. The number of hydrogen-bond donors (Lipinski definition) is 0. The minimum absolute atomic E-state index is 0.0675. The highest BCUT2D eigenvalue weighted by molar-refractivity contribution is 9.10. The van der Waals surface area contributed by atoms with E-state index in [0.717, 1.165) is 4.47 Å². The zero-order chi connectivity index (χ0) is 13.4. The fourth-order valence-electron chi connectivity index (χ4n) is 1.72. The Morgan fingerprint density at radius 3 is 2.89 bits per heavy atom. The predicted molar refractivity (Wildman–Crippen MR) is 71.0 cm³/mol. The lowest BCUT2D eigenvalue weighted by Crippen LogP contribution is -1.98. The highest BCUT2D eigenvalue weighted by atomic mass is 79.9. The Bertz CT molecular complexity index is 786. The third-order valence-corrected chi connectivity index (χ3v) is 2.98. The van der Waals surface area contributed by atoms with Gasteiger partial charge in [0.25, 0.3) is 0 Å². The van der Waals surface area contributed by atoms with Crippen LogP contribution in [0.2, 0.25) is 0 Å². The number of aromatic nitrogens is 4. The maximum absolute atomic E-state index is 10.7. The van der Waals surface area contributed by atoms with Gasteiger partial charge in [0.2, 0.25) is 0 Å². The molecule has 0 aliphatic heterocycles. The average molecular weight is 320 g/mol. The second-order valence-electron chi connectivity index (χ2n) is 3.75. The molecule has 0 saturated heterocycles. The minimum atomic E-state index is -0.489. The summed E-state index contributed by atoms with van der Waals surface area (Å²) in [5.74, 6) is 0. The number of pyridine rings is 2. The zero-order valence-electron chi connectivity index (χ0n) is 9.39. The van der Waals surface area contributed by atoms with Crippen LogP contribution in [0.3, 0.4) is 0 Å². The fraction of sp³-hybridized carbons (Fsp3) is 0. The van der Waals surface area contributed by atoms with Crippen LogP contribution in [0.15, 0.2) is 41.4 Å². The average Bonchev–Trinajstić information content (AvgIpc) is 2.87. The molecule has 0 saturated carbocycles. The molecular formula is C11H6BrN5O2. The molecule has 0 spiro atoms. The Balaban J connectivity index is 2.21. The van der Waals surface area contributed by atoms with Crippen molar-refractivity contribution in [3.8, 4) is 5.69 Å². The minimum Gasteiger partial charge on any atom is -0.258 e. The maximum Gasteiger partial charge on any atom is 0.307 e. The van der Waals surface area contributed by atoms with Crippen LogP contribution in [0.25, 0.3) is 16.7 Å². The van der Waals surface area contributed by atoms with Gasteiger partial charge in [-0.3, -0.25) is 20.1 Å². The number of fused-ring (bicyclic) bond motifs is 1. The Morgan fingerprint density at radius 1 is 1.32 bits per heavy atom. The molecule has 0 aliphatic rings. The smallest absolute Gasteiger partial charge is 0.258 e. The molecule has 94 valence electrons. The molecule has 0 unspecified atom stereocenters. The van der Waals surface area contributed by atoms with Crippen molar-refractivity contribution < 1.29 is 4.92 Å². The molecule has 0 bridgehead atoms. The lowest BCUT2D eigenvalue weighted by molar-refractivity contribution is -0.384. The molecule has 0 fully saturated rings. The lowest BCUT2D eigenvalue weighted by atomic mass is 10.3. The lowest BCUT2D eigenvalue weighted by Gasteiger charge is -2.04. The van der Waals surface area contributed by atoms with E-state index in [1.165, 1.54) is 17.1 Å². The molecule has 8 heteroatoms. The highest BCUT2D eigenvalue weighted by Gasteiger charge is 2.12. The van der Waals surface area contributed by atoms with Crippen LogP contribution < -0.4 is 0 Å². The first kappa shape index (κ1) is 11.7. The molecule has 0 aromatic carbocycles. The molecule has 19 heavy (non-hydrogen) atoms. The van der Waals surface area contributed by atoms with E-state index in [1.54, 1.807) is 18.5 Å². The van der Waals surface area contributed by atoms with Crippen molar-refractivity contribution in [1.29, 1.82) is 0 Å². The maximum atomic E-state index is 10.7. The van der Waals surface area contributed by atoms with Gasteiger partial charge in [0.15, 0.2) is 0 Å². The van der Waals surface area contributed by atoms with Gasteiger partial charge in [-0.05, 0) is 28.1 Å². The van der Waals surface area contributed by atoms with Crippen molar-refractivity contribution >= 4 is 32.7 Å². The van der Waals surface area contributed by atoms with E-state index >= 15 is 0 Å². The van der Waals surface area contributed by atoms with Gasteiger partial charge in [-0.1, -0.05) is 0 Å². The first-order valence-corrected chi connectivity index (χ1v) is 6.04. The topological polar surface area (TPSA) is 86.7 Å². The predicted octanol–water partition coefficient (Wildman–Crippen LogP) is 2.49. The van der Waals surface area contributed by atoms with Crippen molar-refractivity contribution in [3.05, 3.63) is 51.5 Å². The number of halogens is 1. The summed E-state index contributed by atoms with van der Waals surface area (Å²) >= 11 is 3.32. The first-order valence-electron chi connectivity index (χ1n) is 5.25. The normalized spacial score (nSPS) is 10.8. The van der Waals surface area contributed by atoms with Crippen molar-refractivity contribution in [2.75, 3.05) is 0 Å². The Morgan fingerprint density at radius 2 is 2.16 bits per heavy atom. The third kappa shape index (κ3) is 2.06. The van der Waals surface area contributed by atoms with Crippen LogP contribution >= 0.6 is 15.9 Å². The van der Waals surface area contributed by atoms with Crippen molar-refractivity contribution in [2.24, 2.45) is 0 Å². The number of hydrogen-bond acceptors (Lipinski definition) is 5. The molecule has 0 amide bonds. The SMILES string of the molecule is O=[N+]([O-])c1cnn(-c2ccnc3cc(Br)cnc23)c1. The Labute approximate surface area is 115 Å². The van der Waals surface area contributed by atoms with Gasteiger partial charge >= 0.3 is 5.69 Å². The van der Waals surface area contributed by atoms with Gasteiger partial charge in [0, 0.05) is 16.9 Å². The molecule has 3 aromatic rings. The van der Waals surface area contributed by atoms with E-state index in [1.807, 2.05) is 6.07 Å². The largest absolute Gasteiger partial charge is 0.307 e. The summed E-state index contributed by atoms with van der Waals surface area (Å²) in [6.07, 6.45) is 5.80. The van der Waals surface area contributed by atoms with Gasteiger partial charge in [-0.2, -0.15) is 5.10 Å². The molecule has 7 nitrogen and oxygen atoms in total. The van der Waals surface area contributed by atoms with Crippen LogP contribution in [0.4, 0.5) is 5.69 Å². The Hall–Kier alpha value is -2.35. The van der Waals surface area contributed by atoms with Crippen LogP contribution in [-0.2, 0) is 0 Å². The van der Waals surface area contributed by atoms with E-state index < -0.39 is 4.92 Å². The summed E-state index contributed by atoms with van der Waals surface area (Å²) in [7, 11) is 0. The van der Waals surface area contributed by atoms with Crippen LogP contribution in [0, 0.1) is 10.1 Å². The van der Waals surface area contributed by atoms with Crippen LogP contribution in [-0.4, -0.2) is 24.7 Å².